The Morgan fingerprint density at radius 1 is 1.28 bits per heavy atom. The van der Waals surface area contributed by atoms with Gasteiger partial charge < -0.3 is 14.2 Å². The Hall–Kier alpha value is -1.92. The van der Waals surface area contributed by atoms with Crippen molar-refractivity contribution in [1.82, 2.24) is 0 Å². The predicted molar refractivity (Wildman–Crippen MR) is 55.6 cm³/mol. The third-order valence-corrected chi connectivity index (χ3v) is 1.90. The van der Waals surface area contributed by atoms with Crippen LogP contribution in [-0.2, 0) is 4.74 Å². The van der Waals surface area contributed by atoms with Crippen LogP contribution in [0.4, 0.5) is 13.2 Å². The van der Waals surface area contributed by atoms with Crippen molar-refractivity contribution in [2.45, 2.75) is 13.3 Å². The lowest BCUT2D eigenvalue weighted by molar-refractivity contribution is -0.275. The zero-order valence-corrected chi connectivity index (χ0v) is 9.71. The number of rotatable bonds is 4. The summed E-state index contributed by atoms with van der Waals surface area (Å²) < 4.78 is 49.4. The van der Waals surface area contributed by atoms with Crippen molar-refractivity contribution in [3.8, 4) is 11.5 Å². The van der Waals surface area contributed by atoms with Crippen molar-refractivity contribution in [2.75, 3.05) is 13.7 Å². The SMILES string of the molecule is CCOC(=O)c1ccc(OC(F)(F)F)c(OC)c1. The van der Waals surface area contributed by atoms with Crippen LogP contribution in [0.1, 0.15) is 17.3 Å². The van der Waals surface area contributed by atoms with Crippen molar-refractivity contribution in [2.24, 2.45) is 0 Å². The first kappa shape index (κ1) is 14.1. The fourth-order valence-electron chi connectivity index (χ4n) is 1.22. The molecule has 0 heterocycles. The van der Waals surface area contributed by atoms with Gasteiger partial charge in [0.25, 0.3) is 0 Å². The summed E-state index contributed by atoms with van der Waals surface area (Å²) in [6, 6.07) is 3.29. The summed E-state index contributed by atoms with van der Waals surface area (Å²) in [7, 11) is 1.17. The number of benzene rings is 1. The molecule has 1 aromatic rings. The summed E-state index contributed by atoms with van der Waals surface area (Å²) in [6.07, 6.45) is -4.82. The molecule has 100 valence electrons. The van der Waals surface area contributed by atoms with Gasteiger partial charge in [0.2, 0.25) is 0 Å². The summed E-state index contributed by atoms with van der Waals surface area (Å²) in [6.45, 7) is 1.79. The van der Waals surface area contributed by atoms with Gasteiger partial charge in [-0.3, -0.25) is 0 Å². The first-order chi connectivity index (χ1) is 8.37. The van der Waals surface area contributed by atoms with E-state index < -0.39 is 18.1 Å². The molecular formula is C11H11F3O4. The molecule has 0 aromatic heterocycles. The van der Waals surface area contributed by atoms with E-state index in [2.05, 4.69) is 4.74 Å². The molecule has 0 N–H and O–H groups in total. The third kappa shape index (κ3) is 3.83. The number of hydrogen-bond donors (Lipinski definition) is 0. The van der Waals surface area contributed by atoms with Gasteiger partial charge in [-0.2, -0.15) is 0 Å². The fourth-order valence-corrected chi connectivity index (χ4v) is 1.22. The number of ether oxygens (including phenoxy) is 3. The van der Waals surface area contributed by atoms with E-state index in [9.17, 15) is 18.0 Å². The van der Waals surface area contributed by atoms with Crippen LogP contribution in [0.2, 0.25) is 0 Å². The van der Waals surface area contributed by atoms with E-state index in [1.165, 1.54) is 13.2 Å². The van der Waals surface area contributed by atoms with E-state index >= 15 is 0 Å². The van der Waals surface area contributed by atoms with Crippen molar-refractivity contribution >= 4 is 5.97 Å². The van der Waals surface area contributed by atoms with E-state index in [0.717, 1.165) is 12.1 Å². The Morgan fingerprint density at radius 3 is 2.44 bits per heavy atom. The van der Waals surface area contributed by atoms with Gasteiger partial charge in [-0.05, 0) is 25.1 Å². The van der Waals surface area contributed by atoms with Crippen LogP contribution >= 0.6 is 0 Å². The molecule has 0 aliphatic carbocycles. The van der Waals surface area contributed by atoms with Gasteiger partial charge in [0.15, 0.2) is 11.5 Å². The number of halogens is 3. The minimum Gasteiger partial charge on any atom is -0.493 e. The van der Waals surface area contributed by atoms with Gasteiger partial charge in [0, 0.05) is 0 Å². The zero-order valence-electron chi connectivity index (χ0n) is 9.71. The van der Waals surface area contributed by atoms with Gasteiger partial charge >= 0.3 is 12.3 Å². The number of hydrogen-bond acceptors (Lipinski definition) is 4. The van der Waals surface area contributed by atoms with E-state index in [1.54, 1.807) is 6.92 Å². The number of carbonyl (C=O) groups excluding carboxylic acids is 1. The maximum Gasteiger partial charge on any atom is 0.573 e. The van der Waals surface area contributed by atoms with Crippen LogP contribution in [-0.4, -0.2) is 26.0 Å². The Balaban J connectivity index is 3.00. The summed E-state index contributed by atoms with van der Waals surface area (Å²) in [5.74, 6) is -1.36. The van der Waals surface area contributed by atoms with Crippen molar-refractivity contribution in [1.29, 1.82) is 0 Å². The molecule has 0 saturated carbocycles. The molecule has 4 nitrogen and oxygen atoms in total. The molecule has 0 unspecified atom stereocenters. The second kappa shape index (κ2) is 5.61. The molecule has 0 saturated heterocycles. The highest BCUT2D eigenvalue weighted by atomic mass is 19.4. The van der Waals surface area contributed by atoms with E-state index in [1.807, 2.05) is 0 Å². The highest BCUT2D eigenvalue weighted by Crippen LogP contribution is 2.32. The van der Waals surface area contributed by atoms with E-state index in [-0.39, 0.29) is 17.9 Å². The maximum atomic E-state index is 12.1. The maximum absolute atomic E-state index is 12.1. The van der Waals surface area contributed by atoms with Crippen molar-refractivity contribution in [3.05, 3.63) is 23.8 Å². The Labute approximate surface area is 101 Å². The quantitative estimate of drug-likeness (QED) is 0.784. The monoisotopic (exact) mass is 264 g/mol. The second-order valence-electron chi connectivity index (χ2n) is 3.13. The lowest BCUT2D eigenvalue weighted by Gasteiger charge is -2.13. The summed E-state index contributed by atoms with van der Waals surface area (Å²) in [5.41, 5.74) is 0.0863. The van der Waals surface area contributed by atoms with Gasteiger partial charge in [0.1, 0.15) is 0 Å². The molecule has 0 bridgehead atoms. The lowest BCUT2D eigenvalue weighted by atomic mass is 10.2. The first-order valence-corrected chi connectivity index (χ1v) is 4.98. The van der Waals surface area contributed by atoms with Gasteiger partial charge in [-0.15, -0.1) is 13.2 Å². The highest BCUT2D eigenvalue weighted by molar-refractivity contribution is 5.90. The van der Waals surface area contributed by atoms with Gasteiger partial charge in [0.05, 0.1) is 19.3 Å². The standard InChI is InChI=1S/C11H11F3O4/c1-3-17-10(15)7-4-5-8(9(6-7)16-2)18-11(12,13)14/h4-6H,3H2,1-2H3. The molecule has 7 heteroatoms. The molecule has 0 spiro atoms. The highest BCUT2D eigenvalue weighted by Gasteiger charge is 2.32. The van der Waals surface area contributed by atoms with E-state index in [4.69, 9.17) is 9.47 Å². The number of methoxy groups -OCH3 is 1. The lowest BCUT2D eigenvalue weighted by Crippen LogP contribution is -2.17. The molecule has 0 aliphatic heterocycles. The molecule has 0 atom stereocenters. The fraction of sp³-hybridized carbons (Fsp3) is 0.364. The third-order valence-electron chi connectivity index (χ3n) is 1.90. The number of esters is 1. The molecule has 0 amide bonds. The van der Waals surface area contributed by atoms with Crippen LogP contribution in [0, 0.1) is 0 Å². The zero-order chi connectivity index (χ0) is 13.8. The van der Waals surface area contributed by atoms with Crippen molar-refractivity contribution in [3.63, 3.8) is 0 Å². The average Bonchev–Trinajstić information content (AvgIpc) is 2.27. The van der Waals surface area contributed by atoms with Gasteiger partial charge in [-0.25, -0.2) is 4.79 Å². The van der Waals surface area contributed by atoms with Crippen LogP contribution in [0.15, 0.2) is 18.2 Å². The largest absolute Gasteiger partial charge is 0.573 e. The van der Waals surface area contributed by atoms with Gasteiger partial charge in [-0.1, -0.05) is 0 Å². The van der Waals surface area contributed by atoms with Crippen molar-refractivity contribution < 1.29 is 32.2 Å². The first-order valence-electron chi connectivity index (χ1n) is 4.98. The Kier molecular flexibility index (Phi) is 4.41. The normalized spacial score (nSPS) is 10.9. The average molecular weight is 264 g/mol. The molecule has 0 fully saturated rings. The summed E-state index contributed by atoms with van der Waals surface area (Å²) in [4.78, 5) is 11.4. The topological polar surface area (TPSA) is 44.8 Å². The van der Waals surface area contributed by atoms with Crippen LogP contribution in [0.3, 0.4) is 0 Å². The van der Waals surface area contributed by atoms with E-state index in [0.29, 0.717) is 0 Å². The Bertz CT molecular complexity index is 429. The smallest absolute Gasteiger partial charge is 0.493 e. The molecule has 1 aromatic carbocycles. The number of carbonyl (C=O) groups is 1. The molecular weight excluding hydrogens is 253 g/mol. The van der Waals surface area contributed by atoms with Crippen LogP contribution < -0.4 is 9.47 Å². The number of alkyl halides is 3. The minimum absolute atomic E-state index is 0.0863. The minimum atomic E-state index is -4.82. The molecule has 1 rings (SSSR count). The molecule has 0 radical (unpaired) electrons. The summed E-state index contributed by atoms with van der Waals surface area (Å²) in [5, 5.41) is 0. The molecule has 18 heavy (non-hydrogen) atoms. The summed E-state index contributed by atoms with van der Waals surface area (Å²) >= 11 is 0. The van der Waals surface area contributed by atoms with Crippen LogP contribution in [0.5, 0.6) is 11.5 Å². The molecule has 0 aliphatic rings. The second-order valence-corrected chi connectivity index (χ2v) is 3.13. The van der Waals surface area contributed by atoms with Crippen LogP contribution in [0.25, 0.3) is 0 Å². The Morgan fingerprint density at radius 2 is 1.94 bits per heavy atom. The predicted octanol–water partition coefficient (Wildman–Crippen LogP) is 2.77.